The Bertz CT molecular complexity index is 1110. The van der Waals surface area contributed by atoms with E-state index in [1.807, 2.05) is 50.2 Å². The second-order valence-corrected chi connectivity index (χ2v) is 8.40. The number of anilines is 3. The van der Waals surface area contributed by atoms with Gasteiger partial charge in [0.1, 0.15) is 0 Å². The van der Waals surface area contributed by atoms with E-state index in [1.165, 1.54) is 0 Å². The monoisotopic (exact) mass is 464 g/mol. The molecule has 1 aliphatic rings. The number of fused-ring (bicyclic) bond motifs is 1. The molecule has 0 unspecified atom stereocenters. The maximum Gasteiger partial charge on any atom is 0.338 e. The third-order valence-corrected chi connectivity index (χ3v) is 5.45. The predicted octanol–water partition coefficient (Wildman–Crippen LogP) is 3.96. The molecule has 0 aromatic heterocycles. The fraction of sp³-hybridized carbons (Fsp3) is 0.346. The van der Waals surface area contributed by atoms with Gasteiger partial charge < -0.3 is 25.2 Å². The summed E-state index contributed by atoms with van der Waals surface area (Å²) in [5.74, 6) is -0.628. The van der Waals surface area contributed by atoms with Gasteiger partial charge in [0.25, 0.3) is 5.91 Å². The second-order valence-electron chi connectivity index (χ2n) is 8.40. The first-order valence-electron chi connectivity index (χ1n) is 11.4. The van der Waals surface area contributed by atoms with Crippen molar-refractivity contribution < 1.29 is 19.1 Å². The Hall–Kier alpha value is -3.65. The summed E-state index contributed by atoms with van der Waals surface area (Å²) in [5, 5.41) is 6.26. The lowest BCUT2D eigenvalue weighted by Gasteiger charge is -2.20. The topological polar surface area (TPSA) is 91.0 Å². The van der Waals surface area contributed by atoms with Crippen LogP contribution in [0, 0.1) is 0 Å². The first kappa shape index (κ1) is 25.0. The highest BCUT2D eigenvalue weighted by Gasteiger charge is 2.28. The molecule has 0 bridgehead atoms. The number of carbonyl (C=O) groups is 3. The van der Waals surface area contributed by atoms with E-state index < -0.39 is 5.97 Å². The van der Waals surface area contributed by atoms with E-state index in [0.29, 0.717) is 29.8 Å². The Kier molecular flexibility index (Phi) is 8.07. The summed E-state index contributed by atoms with van der Waals surface area (Å²) in [5.41, 5.74) is 4.71. The maximum atomic E-state index is 12.9. The normalized spacial score (nSPS) is 13.9. The van der Waals surface area contributed by atoms with E-state index in [-0.39, 0.29) is 18.4 Å². The molecule has 2 N–H and O–H groups in total. The van der Waals surface area contributed by atoms with E-state index in [4.69, 9.17) is 4.74 Å². The number of esters is 1. The molecule has 0 saturated heterocycles. The minimum atomic E-state index is -0.419. The molecule has 0 saturated carbocycles. The molecular weight excluding hydrogens is 432 g/mol. The van der Waals surface area contributed by atoms with Crippen molar-refractivity contribution in [3.05, 3.63) is 59.3 Å². The largest absolute Gasteiger partial charge is 0.462 e. The Morgan fingerprint density at radius 2 is 1.74 bits per heavy atom. The smallest absolute Gasteiger partial charge is 0.338 e. The number of allylic oxidation sites excluding steroid dienone is 1. The Balaban J connectivity index is 1.87. The highest BCUT2D eigenvalue weighted by atomic mass is 16.5. The lowest BCUT2D eigenvalue weighted by molar-refractivity contribution is -0.119. The van der Waals surface area contributed by atoms with Crippen molar-refractivity contribution in [1.82, 2.24) is 4.90 Å². The van der Waals surface area contributed by atoms with Crippen molar-refractivity contribution in [1.29, 1.82) is 0 Å². The number of hydrogen-bond acceptors (Lipinski definition) is 6. The van der Waals surface area contributed by atoms with Crippen LogP contribution in [0.15, 0.2) is 48.2 Å². The molecule has 180 valence electrons. The minimum absolute atomic E-state index is 0.000852. The highest BCUT2D eigenvalue weighted by Crippen LogP contribution is 2.36. The van der Waals surface area contributed by atoms with E-state index in [0.717, 1.165) is 29.1 Å². The Morgan fingerprint density at radius 3 is 2.35 bits per heavy atom. The third-order valence-electron chi connectivity index (χ3n) is 5.45. The molecule has 2 aromatic carbocycles. The van der Waals surface area contributed by atoms with Crippen molar-refractivity contribution in [2.75, 3.05) is 49.8 Å². The summed E-state index contributed by atoms with van der Waals surface area (Å²) in [7, 11) is 5.47. The van der Waals surface area contributed by atoms with Gasteiger partial charge in [-0.1, -0.05) is 19.4 Å². The first-order valence-corrected chi connectivity index (χ1v) is 11.4. The molecule has 34 heavy (non-hydrogen) atoms. The van der Waals surface area contributed by atoms with Crippen molar-refractivity contribution in [2.45, 2.75) is 26.7 Å². The predicted molar refractivity (Wildman–Crippen MR) is 135 cm³/mol. The number of ether oxygens (including phenoxy) is 1. The summed E-state index contributed by atoms with van der Waals surface area (Å²) in [6, 6.07) is 12.6. The number of amides is 2. The van der Waals surface area contributed by atoms with Gasteiger partial charge >= 0.3 is 5.97 Å². The van der Waals surface area contributed by atoms with Crippen LogP contribution >= 0.6 is 0 Å². The number of nitrogens with zero attached hydrogens (tertiary/aromatic N) is 2. The fourth-order valence-corrected chi connectivity index (χ4v) is 3.78. The van der Waals surface area contributed by atoms with Gasteiger partial charge in [-0.25, -0.2) is 4.79 Å². The Morgan fingerprint density at radius 1 is 1.03 bits per heavy atom. The van der Waals surface area contributed by atoms with E-state index >= 15 is 0 Å². The average molecular weight is 465 g/mol. The molecule has 3 rings (SSSR count). The van der Waals surface area contributed by atoms with Gasteiger partial charge in [0.15, 0.2) is 0 Å². The van der Waals surface area contributed by atoms with Gasteiger partial charge in [0.2, 0.25) is 5.91 Å². The van der Waals surface area contributed by atoms with E-state index in [1.54, 1.807) is 37.1 Å². The van der Waals surface area contributed by atoms with Crippen LogP contribution < -0.4 is 15.5 Å². The summed E-state index contributed by atoms with van der Waals surface area (Å²) >= 11 is 0. The highest BCUT2D eigenvalue weighted by molar-refractivity contribution is 6.32. The van der Waals surface area contributed by atoms with Crippen LogP contribution in [0.1, 0.15) is 42.6 Å². The molecule has 8 nitrogen and oxygen atoms in total. The molecule has 0 fully saturated rings. The van der Waals surface area contributed by atoms with Gasteiger partial charge in [-0.2, -0.15) is 0 Å². The molecule has 2 aromatic rings. The standard InChI is InChI=1S/C26H32N4O4/c1-6-8-21(27-18-10-12-19(13-11-18)30(5)23(31)16-29(3)4)24-20-14-9-17(26(33)34-7-2)15-22(20)28-25(24)32/h9-15,27H,6-8,16H2,1-5H3,(H,28,32). The molecule has 0 atom stereocenters. The number of likely N-dealkylation sites (N-methyl/N-ethyl adjacent to an activating group) is 2. The molecule has 2 amide bonds. The first-order chi connectivity index (χ1) is 16.2. The molecule has 0 spiro atoms. The molecule has 0 radical (unpaired) electrons. The van der Waals surface area contributed by atoms with Crippen LogP contribution in [0.25, 0.3) is 5.57 Å². The summed E-state index contributed by atoms with van der Waals surface area (Å²) in [4.78, 5) is 40.7. The molecule has 8 heteroatoms. The van der Waals surface area contributed by atoms with E-state index in [9.17, 15) is 14.4 Å². The van der Waals surface area contributed by atoms with Crippen molar-refractivity contribution >= 4 is 40.4 Å². The lowest BCUT2D eigenvalue weighted by Crippen LogP contribution is -2.34. The molecule has 0 aliphatic carbocycles. The number of carbonyl (C=O) groups excluding carboxylic acids is 3. The zero-order valence-corrected chi connectivity index (χ0v) is 20.4. The van der Waals surface area contributed by atoms with Crippen molar-refractivity contribution in [3.63, 3.8) is 0 Å². The summed E-state index contributed by atoms with van der Waals surface area (Å²) in [6.45, 7) is 4.42. The second kappa shape index (κ2) is 11.0. The minimum Gasteiger partial charge on any atom is -0.462 e. The summed E-state index contributed by atoms with van der Waals surface area (Å²) < 4.78 is 5.06. The van der Waals surface area contributed by atoms with Gasteiger partial charge in [0.05, 0.1) is 30.0 Å². The quantitative estimate of drug-likeness (QED) is 0.431. The average Bonchev–Trinajstić information content (AvgIpc) is 3.13. The zero-order chi connectivity index (χ0) is 24.8. The lowest BCUT2D eigenvalue weighted by atomic mass is 10.0. The van der Waals surface area contributed by atoms with Crippen molar-refractivity contribution in [3.8, 4) is 0 Å². The van der Waals surface area contributed by atoms with Crippen LogP contribution in [0.3, 0.4) is 0 Å². The fourth-order valence-electron chi connectivity index (χ4n) is 3.78. The van der Waals surface area contributed by atoms with Gasteiger partial charge in [-0.05, 0) is 63.8 Å². The van der Waals surface area contributed by atoms with Crippen LogP contribution in [-0.4, -0.2) is 57.0 Å². The van der Waals surface area contributed by atoms with Gasteiger partial charge in [0, 0.05) is 29.7 Å². The molecule has 1 aliphatic heterocycles. The summed E-state index contributed by atoms with van der Waals surface area (Å²) in [6.07, 6.45) is 1.51. The number of rotatable bonds is 9. The van der Waals surface area contributed by atoms with Crippen LogP contribution in [0.2, 0.25) is 0 Å². The Labute approximate surface area is 200 Å². The van der Waals surface area contributed by atoms with Gasteiger partial charge in [-0.3, -0.25) is 9.59 Å². The van der Waals surface area contributed by atoms with Gasteiger partial charge in [-0.15, -0.1) is 0 Å². The van der Waals surface area contributed by atoms with E-state index in [2.05, 4.69) is 10.6 Å². The molecule has 1 heterocycles. The molecular formula is C26H32N4O4. The third kappa shape index (κ3) is 5.63. The number of hydrogen-bond donors (Lipinski definition) is 2. The SMILES string of the molecule is CCCC(Nc1ccc(N(C)C(=O)CN(C)C)cc1)=C1C(=O)Nc2cc(C(=O)OCC)ccc21. The van der Waals surface area contributed by atoms with Crippen LogP contribution in [-0.2, 0) is 14.3 Å². The zero-order valence-electron chi connectivity index (χ0n) is 20.4. The number of nitrogens with one attached hydrogen (secondary N) is 2. The van der Waals surface area contributed by atoms with Crippen molar-refractivity contribution in [2.24, 2.45) is 0 Å². The maximum absolute atomic E-state index is 12.9. The number of benzene rings is 2. The van der Waals surface area contributed by atoms with Crippen LogP contribution in [0.5, 0.6) is 0 Å². The van der Waals surface area contributed by atoms with Crippen LogP contribution in [0.4, 0.5) is 17.1 Å².